The number of carbonyl (C=O) groups is 1. The van der Waals surface area contributed by atoms with Crippen LogP contribution in [0.15, 0.2) is 29.3 Å². The average Bonchev–Trinajstić information content (AvgIpc) is 2.70. The summed E-state index contributed by atoms with van der Waals surface area (Å²) in [7, 11) is 0. The zero-order valence-corrected chi connectivity index (χ0v) is 21.9. The van der Waals surface area contributed by atoms with Crippen molar-refractivity contribution in [3.05, 3.63) is 29.8 Å². The number of nitrogens with zero attached hydrogens (tertiary/aromatic N) is 1. The highest BCUT2D eigenvalue weighted by Gasteiger charge is 2.06. The Morgan fingerprint density at radius 2 is 1.81 bits per heavy atom. The Hall–Kier alpha value is -1.39. The zero-order chi connectivity index (χ0) is 22.0. The van der Waals surface area contributed by atoms with E-state index in [1.165, 1.54) is 0 Å². The summed E-state index contributed by atoms with van der Waals surface area (Å²) >= 11 is 0. The van der Waals surface area contributed by atoms with Crippen molar-refractivity contribution in [1.29, 1.82) is 0 Å². The molecule has 0 atom stereocenters. The van der Waals surface area contributed by atoms with E-state index in [4.69, 9.17) is 9.47 Å². The SMILES string of the molecule is CCCCOCCOCCNC(=NCc1cccc(NC(=O)CC(C)C)c1)NCC.I. The van der Waals surface area contributed by atoms with E-state index in [1.54, 1.807) is 0 Å². The van der Waals surface area contributed by atoms with Gasteiger partial charge in [-0.1, -0.05) is 39.3 Å². The summed E-state index contributed by atoms with van der Waals surface area (Å²) in [5.41, 5.74) is 1.84. The highest BCUT2D eigenvalue weighted by molar-refractivity contribution is 14.0. The van der Waals surface area contributed by atoms with Gasteiger partial charge in [-0.15, -0.1) is 24.0 Å². The number of hydrogen-bond acceptors (Lipinski definition) is 4. The van der Waals surface area contributed by atoms with Gasteiger partial charge >= 0.3 is 0 Å². The number of ether oxygens (including phenoxy) is 2. The number of anilines is 1. The van der Waals surface area contributed by atoms with Gasteiger partial charge in [0, 0.05) is 31.8 Å². The molecule has 1 rings (SSSR count). The monoisotopic (exact) mass is 548 g/mol. The normalized spacial score (nSPS) is 11.2. The minimum atomic E-state index is 0. The maximum atomic E-state index is 12.0. The van der Waals surface area contributed by atoms with Gasteiger partial charge in [0.05, 0.1) is 26.4 Å². The number of nitrogens with one attached hydrogen (secondary N) is 3. The predicted octanol–water partition coefficient (Wildman–Crippen LogP) is 4.18. The van der Waals surface area contributed by atoms with Gasteiger partial charge in [-0.25, -0.2) is 4.99 Å². The third-order valence-corrected chi connectivity index (χ3v) is 4.12. The molecule has 8 heteroatoms. The Bertz CT molecular complexity index is 627. The molecule has 0 heterocycles. The first-order chi connectivity index (χ1) is 14.5. The molecule has 1 amide bonds. The summed E-state index contributed by atoms with van der Waals surface area (Å²) in [4.78, 5) is 16.6. The quantitative estimate of drug-likeness (QED) is 0.133. The van der Waals surface area contributed by atoms with Crippen LogP contribution in [0.5, 0.6) is 0 Å². The topological polar surface area (TPSA) is 84.0 Å². The lowest BCUT2D eigenvalue weighted by molar-refractivity contribution is -0.116. The molecule has 178 valence electrons. The summed E-state index contributed by atoms with van der Waals surface area (Å²) < 4.78 is 11.0. The molecule has 3 N–H and O–H groups in total. The van der Waals surface area contributed by atoms with E-state index in [-0.39, 0.29) is 29.9 Å². The molecule has 0 saturated heterocycles. The molecule has 7 nitrogen and oxygen atoms in total. The van der Waals surface area contributed by atoms with Gasteiger partial charge in [-0.3, -0.25) is 4.79 Å². The smallest absolute Gasteiger partial charge is 0.224 e. The fraction of sp³-hybridized carbons (Fsp3) is 0.652. The van der Waals surface area contributed by atoms with E-state index < -0.39 is 0 Å². The van der Waals surface area contributed by atoms with E-state index in [9.17, 15) is 4.79 Å². The first kappa shape index (κ1) is 29.6. The lowest BCUT2D eigenvalue weighted by atomic mass is 10.1. The molecule has 0 aliphatic heterocycles. The fourth-order valence-corrected chi connectivity index (χ4v) is 2.65. The van der Waals surface area contributed by atoms with Gasteiger partial charge in [0.15, 0.2) is 5.96 Å². The molecule has 1 aromatic carbocycles. The van der Waals surface area contributed by atoms with Crippen molar-refractivity contribution >= 4 is 41.5 Å². The van der Waals surface area contributed by atoms with E-state index in [1.807, 2.05) is 45.0 Å². The van der Waals surface area contributed by atoms with Gasteiger partial charge in [0.2, 0.25) is 5.91 Å². The van der Waals surface area contributed by atoms with Gasteiger partial charge in [-0.05, 0) is 37.0 Å². The number of unbranched alkanes of at least 4 members (excludes halogenated alkanes) is 1. The number of carbonyl (C=O) groups excluding carboxylic acids is 1. The van der Waals surface area contributed by atoms with Crippen molar-refractivity contribution in [3.63, 3.8) is 0 Å². The lowest BCUT2D eigenvalue weighted by Crippen LogP contribution is -2.39. The van der Waals surface area contributed by atoms with Crippen LogP contribution in [0.1, 0.15) is 52.5 Å². The number of amides is 1. The summed E-state index contributed by atoms with van der Waals surface area (Å²) in [5, 5.41) is 9.46. The second-order valence-electron chi connectivity index (χ2n) is 7.55. The number of benzene rings is 1. The van der Waals surface area contributed by atoms with Gasteiger partial charge in [-0.2, -0.15) is 0 Å². The zero-order valence-electron chi connectivity index (χ0n) is 19.5. The van der Waals surface area contributed by atoms with Crippen LogP contribution >= 0.6 is 24.0 Å². The van der Waals surface area contributed by atoms with Gasteiger partial charge in [0.25, 0.3) is 0 Å². The minimum Gasteiger partial charge on any atom is -0.379 e. The first-order valence-corrected chi connectivity index (χ1v) is 11.1. The van der Waals surface area contributed by atoms with Crippen molar-refractivity contribution in [2.24, 2.45) is 10.9 Å². The molecule has 0 aliphatic carbocycles. The standard InChI is InChI=1S/C23H40N4O3.HI/c1-5-7-12-29-14-15-30-13-11-25-23(24-6-2)26-18-20-9-8-10-21(17-20)27-22(28)16-19(3)4;/h8-10,17,19H,5-7,11-16,18H2,1-4H3,(H,27,28)(H2,24,25,26);1H. The van der Waals surface area contributed by atoms with E-state index in [0.29, 0.717) is 45.2 Å². The molecule has 0 aliphatic rings. The van der Waals surface area contributed by atoms with Crippen molar-refractivity contribution < 1.29 is 14.3 Å². The van der Waals surface area contributed by atoms with Crippen LogP contribution in [0.3, 0.4) is 0 Å². The first-order valence-electron chi connectivity index (χ1n) is 11.1. The largest absolute Gasteiger partial charge is 0.379 e. The molecule has 0 bridgehead atoms. The number of halogens is 1. The highest BCUT2D eigenvalue weighted by Crippen LogP contribution is 2.13. The van der Waals surface area contributed by atoms with Crippen LogP contribution in [0, 0.1) is 5.92 Å². The molecular weight excluding hydrogens is 507 g/mol. The van der Waals surface area contributed by atoms with E-state index in [2.05, 4.69) is 27.9 Å². The van der Waals surface area contributed by atoms with Crippen LogP contribution in [0.2, 0.25) is 0 Å². The third kappa shape index (κ3) is 16.0. The van der Waals surface area contributed by atoms with Crippen LogP contribution < -0.4 is 16.0 Å². The van der Waals surface area contributed by atoms with Crippen LogP contribution in [0.25, 0.3) is 0 Å². The molecule has 0 aromatic heterocycles. The molecule has 31 heavy (non-hydrogen) atoms. The Labute approximate surface area is 205 Å². The molecule has 0 unspecified atom stereocenters. The lowest BCUT2D eigenvalue weighted by Gasteiger charge is -2.12. The van der Waals surface area contributed by atoms with E-state index >= 15 is 0 Å². The third-order valence-electron chi connectivity index (χ3n) is 4.12. The summed E-state index contributed by atoms with van der Waals surface area (Å²) in [6, 6.07) is 7.81. The summed E-state index contributed by atoms with van der Waals surface area (Å²) in [6.45, 7) is 12.9. The minimum absolute atomic E-state index is 0. The highest BCUT2D eigenvalue weighted by atomic mass is 127. The summed E-state index contributed by atoms with van der Waals surface area (Å²) in [6.07, 6.45) is 2.76. The second-order valence-corrected chi connectivity index (χ2v) is 7.55. The van der Waals surface area contributed by atoms with Crippen molar-refractivity contribution in [2.75, 3.05) is 44.8 Å². The van der Waals surface area contributed by atoms with E-state index in [0.717, 1.165) is 43.2 Å². The predicted molar refractivity (Wildman–Crippen MR) is 139 cm³/mol. The molecule has 0 fully saturated rings. The number of aliphatic imine (C=N–C) groups is 1. The van der Waals surface area contributed by atoms with Gasteiger partial charge < -0.3 is 25.4 Å². The molecule has 0 saturated carbocycles. The Balaban J connectivity index is 0.00000900. The second kappa shape index (κ2) is 19.3. The van der Waals surface area contributed by atoms with Crippen molar-refractivity contribution in [2.45, 2.75) is 53.5 Å². The van der Waals surface area contributed by atoms with Gasteiger partial charge in [0.1, 0.15) is 0 Å². The number of rotatable bonds is 15. The van der Waals surface area contributed by atoms with Crippen LogP contribution in [-0.2, 0) is 20.8 Å². The van der Waals surface area contributed by atoms with Crippen molar-refractivity contribution in [1.82, 2.24) is 10.6 Å². The van der Waals surface area contributed by atoms with Crippen LogP contribution in [-0.4, -0.2) is 51.4 Å². The molecular formula is C23H41IN4O3. The summed E-state index contributed by atoms with van der Waals surface area (Å²) in [5.74, 6) is 1.12. The van der Waals surface area contributed by atoms with Crippen molar-refractivity contribution in [3.8, 4) is 0 Å². The Kier molecular flexibility index (Phi) is 18.4. The average molecular weight is 549 g/mol. The number of guanidine groups is 1. The fourth-order valence-electron chi connectivity index (χ4n) is 2.65. The maximum Gasteiger partial charge on any atom is 0.224 e. The number of hydrogen-bond donors (Lipinski definition) is 3. The van der Waals surface area contributed by atoms with Crippen LogP contribution in [0.4, 0.5) is 5.69 Å². The Morgan fingerprint density at radius 1 is 1.06 bits per heavy atom. The molecule has 0 spiro atoms. The maximum absolute atomic E-state index is 12.0. The Morgan fingerprint density at radius 3 is 2.48 bits per heavy atom. The molecule has 0 radical (unpaired) electrons. The molecule has 1 aromatic rings.